The van der Waals surface area contributed by atoms with E-state index in [1.54, 1.807) is 17.5 Å². The van der Waals surface area contributed by atoms with Gasteiger partial charge in [0.1, 0.15) is 5.65 Å². The Labute approximate surface area is 144 Å². The van der Waals surface area contributed by atoms with Crippen molar-refractivity contribution < 1.29 is 4.79 Å². The molecule has 0 fully saturated rings. The van der Waals surface area contributed by atoms with Gasteiger partial charge in [-0.15, -0.1) is 0 Å². The van der Waals surface area contributed by atoms with Crippen LogP contribution in [-0.2, 0) is 6.54 Å². The van der Waals surface area contributed by atoms with Crippen LogP contribution in [-0.4, -0.2) is 34.0 Å². The fourth-order valence-electron chi connectivity index (χ4n) is 3.00. The Morgan fingerprint density at radius 1 is 1.42 bits per heavy atom. The largest absolute Gasteiger partial charge is 0.346 e. The van der Waals surface area contributed by atoms with Gasteiger partial charge in [-0.2, -0.15) is 11.3 Å². The van der Waals surface area contributed by atoms with Gasteiger partial charge in [-0.1, -0.05) is 6.08 Å². The zero-order valence-corrected chi connectivity index (χ0v) is 14.0. The molecule has 24 heavy (non-hydrogen) atoms. The lowest BCUT2D eigenvalue weighted by Crippen LogP contribution is -2.41. The topological polar surface area (TPSA) is 61.0 Å². The van der Waals surface area contributed by atoms with Crippen LogP contribution < -0.4 is 5.32 Å². The molecule has 6 heteroatoms. The lowest BCUT2D eigenvalue weighted by Gasteiger charge is -2.26. The van der Waals surface area contributed by atoms with E-state index in [1.165, 1.54) is 11.1 Å². The number of rotatable bonds is 3. The summed E-state index contributed by atoms with van der Waals surface area (Å²) >= 11 is 1.64. The number of carbonyl (C=O) groups excluding carboxylic acids is 1. The molecule has 4 rings (SSSR count). The number of urea groups is 1. The van der Waals surface area contributed by atoms with Gasteiger partial charge < -0.3 is 15.2 Å². The number of amides is 2. The second-order valence-electron chi connectivity index (χ2n) is 5.82. The van der Waals surface area contributed by atoms with Crippen molar-refractivity contribution in [2.75, 3.05) is 13.1 Å². The minimum atomic E-state index is -0.00269. The number of thiophene rings is 1. The third kappa shape index (κ3) is 2.92. The summed E-state index contributed by atoms with van der Waals surface area (Å²) in [5.41, 5.74) is 4.52. The molecule has 1 aliphatic heterocycles. The monoisotopic (exact) mass is 338 g/mol. The lowest BCUT2D eigenvalue weighted by molar-refractivity contribution is 0.202. The third-order valence-electron chi connectivity index (χ3n) is 4.32. The Morgan fingerprint density at radius 3 is 3.17 bits per heavy atom. The number of H-pyrrole nitrogens is 1. The second-order valence-corrected chi connectivity index (χ2v) is 6.60. The number of fused-ring (bicyclic) bond motifs is 1. The van der Waals surface area contributed by atoms with E-state index >= 15 is 0 Å². The number of hydrogen-bond donors (Lipinski definition) is 2. The molecule has 5 nitrogen and oxygen atoms in total. The highest BCUT2D eigenvalue weighted by atomic mass is 32.1. The molecule has 0 unspecified atom stereocenters. The SMILES string of the molecule is O=C(NCc1ccsc1)N1CC=C(c2c[nH]c3ncccc23)CC1. The smallest absolute Gasteiger partial charge is 0.317 e. The van der Waals surface area contributed by atoms with E-state index < -0.39 is 0 Å². The summed E-state index contributed by atoms with van der Waals surface area (Å²) in [5.74, 6) is 0. The Hall–Kier alpha value is -2.60. The van der Waals surface area contributed by atoms with E-state index in [0.29, 0.717) is 13.1 Å². The summed E-state index contributed by atoms with van der Waals surface area (Å²) in [6, 6.07) is 6.06. The molecular formula is C18H18N4OS. The van der Waals surface area contributed by atoms with Gasteiger partial charge in [0.25, 0.3) is 0 Å². The summed E-state index contributed by atoms with van der Waals surface area (Å²) in [7, 11) is 0. The van der Waals surface area contributed by atoms with Gasteiger partial charge in [0.15, 0.2) is 0 Å². The summed E-state index contributed by atoms with van der Waals surface area (Å²) < 4.78 is 0. The molecule has 4 heterocycles. The van der Waals surface area contributed by atoms with Gasteiger partial charge in [0.05, 0.1) is 0 Å². The standard InChI is InChI=1S/C18H18N4OS/c23-18(21-10-13-5-9-24-12-13)22-7-3-14(4-8-22)16-11-20-17-15(16)2-1-6-19-17/h1-3,5-6,9,11-12H,4,7-8,10H2,(H,19,20)(H,21,23). The maximum absolute atomic E-state index is 12.3. The van der Waals surface area contributed by atoms with Crippen LogP contribution in [0.4, 0.5) is 4.79 Å². The average molecular weight is 338 g/mol. The molecule has 2 N–H and O–H groups in total. The van der Waals surface area contributed by atoms with E-state index in [0.717, 1.165) is 29.6 Å². The normalized spacial score (nSPS) is 14.7. The molecule has 0 aliphatic carbocycles. The predicted octanol–water partition coefficient (Wildman–Crippen LogP) is 3.62. The highest BCUT2D eigenvalue weighted by Crippen LogP contribution is 2.28. The van der Waals surface area contributed by atoms with Crippen LogP contribution in [0.1, 0.15) is 17.5 Å². The summed E-state index contributed by atoms with van der Waals surface area (Å²) in [6.07, 6.45) is 6.80. The fourth-order valence-corrected chi connectivity index (χ4v) is 3.67. The molecule has 0 spiro atoms. The second kappa shape index (κ2) is 6.49. The fraction of sp³-hybridized carbons (Fsp3) is 0.222. The number of pyridine rings is 1. The van der Waals surface area contributed by atoms with Gasteiger partial charge in [-0.3, -0.25) is 0 Å². The first-order valence-electron chi connectivity index (χ1n) is 7.96. The quantitative estimate of drug-likeness (QED) is 0.766. The van der Waals surface area contributed by atoms with Crippen LogP contribution in [0.2, 0.25) is 0 Å². The Morgan fingerprint density at radius 2 is 2.38 bits per heavy atom. The maximum atomic E-state index is 12.3. The number of aromatic amines is 1. The van der Waals surface area contributed by atoms with Crippen molar-refractivity contribution in [3.05, 3.63) is 58.6 Å². The highest BCUT2D eigenvalue weighted by molar-refractivity contribution is 7.07. The van der Waals surface area contributed by atoms with Crippen molar-refractivity contribution in [2.45, 2.75) is 13.0 Å². The van der Waals surface area contributed by atoms with Crippen molar-refractivity contribution >= 4 is 34.0 Å². The molecule has 0 atom stereocenters. The van der Waals surface area contributed by atoms with E-state index in [-0.39, 0.29) is 6.03 Å². The van der Waals surface area contributed by atoms with Crippen molar-refractivity contribution in [3.63, 3.8) is 0 Å². The van der Waals surface area contributed by atoms with Crippen LogP contribution in [0, 0.1) is 0 Å². The van der Waals surface area contributed by atoms with Crippen LogP contribution in [0.3, 0.4) is 0 Å². The van der Waals surface area contributed by atoms with Crippen LogP contribution in [0.25, 0.3) is 16.6 Å². The van der Waals surface area contributed by atoms with Crippen molar-refractivity contribution in [3.8, 4) is 0 Å². The predicted molar refractivity (Wildman–Crippen MR) is 96.8 cm³/mol. The Balaban J connectivity index is 1.42. The zero-order chi connectivity index (χ0) is 16.4. The van der Waals surface area contributed by atoms with Gasteiger partial charge >= 0.3 is 6.03 Å². The summed E-state index contributed by atoms with van der Waals surface area (Å²) in [6.45, 7) is 1.95. The highest BCUT2D eigenvalue weighted by Gasteiger charge is 2.19. The number of nitrogens with one attached hydrogen (secondary N) is 2. The molecule has 3 aromatic rings. The minimum Gasteiger partial charge on any atom is -0.346 e. The van der Waals surface area contributed by atoms with E-state index in [4.69, 9.17) is 0 Å². The average Bonchev–Trinajstić information content (AvgIpc) is 3.29. The van der Waals surface area contributed by atoms with Gasteiger partial charge in [-0.25, -0.2) is 9.78 Å². The van der Waals surface area contributed by atoms with Gasteiger partial charge in [0, 0.05) is 43.0 Å². The molecule has 1 aliphatic rings. The first-order valence-corrected chi connectivity index (χ1v) is 8.91. The van der Waals surface area contributed by atoms with E-state index in [1.807, 2.05) is 28.6 Å². The van der Waals surface area contributed by atoms with Crippen molar-refractivity contribution in [1.82, 2.24) is 20.2 Å². The molecule has 0 saturated heterocycles. The molecule has 0 saturated carbocycles. The maximum Gasteiger partial charge on any atom is 0.317 e. The van der Waals surface area contributed by atoms with Crippen LogP contribution in [0.15, 0.2) is 47.4 Å². The number of hydrogen-bond acceptors (Lipinski definition) is 3. The summed E-state index contributed by atoms with van der Waals surface area (Å²) in [4.78, 5) is 21.7. The Kier molecular flexibility index (Phi) is 4.04. The summed E-state index contributed by atoms with van der Waals surface area (Å²) in [5, 5.41) is 8.20. The first kappa shape index (κ1) is 15.0. The van der Waals surface area contributed by atoms with Gasteiger partial charge in [-0.05, 0) is 46.5 Å². The molecule has 0 aromatic carbocycles. The minimum absolute atomic E-state index is 0.00269. The van der Waals surface area contributed by atoms with Gasteiger partial charge in [0.2, 0.25) is 0 Å². The first-order chi connectivity index (χ1) is 11.8. The molecular weight excluding hydrogens is 320 g/mol. The van der Waals surface area contributed by atoms with E-state index in [2.05, 4.69) is 32.8 Å². The molecule has 122 valence electrons. The number of nitrogens with zero attached hydrogens (tertiary/aromatic N) is 2. The van der Waals surface area contributed by atoms with Crippen molar-refractivity contribution in [1.29, 1.82) is 0 Å². The lowest BCUT2D eigenvalue weighted by atomic mass is 10.00. The zero-order valence-electron chi connectivity index (χ0n) is 13.2. The molecule has 2 amide bonds. The number of carbonyl (C=O) groups is 1. The van der Waals surface area contributed by atoms with E-state index in [9.17, 15) is 4.79 Å². The number of aromatic nitrogens is 2. The third-order valence-corrected chi connectivity index (χ3v) is 5.05. The van der Waals surface area contributed by atoms with Crippen LogP contribution in [0.5, 0.6) is 0 Å². The molecule has 0 radical (unpaired) electrons. The van der Waals surface area contributed by atoms with Crippen LogP contribution >= 0.6 is 11.3 Å². The molecule has 3 aromatic heterocycles. The van der Waals surface area contributed by atoms with Crippen molar-refractivity contribution in [2.24, 2.45) is 0 Å². The molecule has 0 bridgehead atoms. The Bertz CT molecular complexity index is 881.